The van der Waals surface area contributed by atoms with E-state index in [1.165, 1.54) is 32.1 Å². The molecule has 0 amide bonds. The van der Waals surface area contributed by atoms with E-state index in [1.54, 1.807) is 20.5 Å². The Labute approximate surface area is 203 Å². The van der Waals surface area contributed by atoms with E-state index in [2.05, 4.69) is 15.8 Å². The molecule has 1 unspecified atom stereocenters. The first-order chi connectivity index (χ1) is 16.6. The molecule has 182 valence electrons. The van der Waals surface area contributed by atoms with E-state index in [4.69, 9.17) is 24.5 Å². The number of nitrogens with zero attached hydrogens (tertiary/aromatic N) is 5. The molecule has 5 rings (SSSR count). The van der Waals surface area contributed by atoms with E-state index >= 15 is 0 Å². The van der Waals surface area contributed by atoms with Gasteiger partial charge in [0.05, 0.1) is 37.7 Å². The third kappa shape index (κ3) is 4.50. The molecule has 34 heavy (non-hydrogen) atoms. The number of aromatic nitrogens is 4. The lowest BCUT2D eigenvalue weighted by Crippen LogP contribution is -2.38. The van der Waals surface area contributed by atoms with Crippen molar-refractivity contribution in [2.24, 2.45) is 0 Å². The molecule has 9 heteroatoms. The number of benzene rings is 1. The average molecular weight is 484 g/mol. The van der Waals surface area contributed by atoms with E-state index in [1.807, 2.05) is 18.3 Å². The number of fused-ring (bicyclic) bond motifs is 1. The maximum Gasteiger partial charge on any atom is 0.226 e. The van der Waals surface area contributed by atoms with Gasteiger partial charge in [-0.05, 0) is 31.7 Å². The quantitative estimate of drug-likeness (QED) is 0.515. The summed E-state index contributed by atoms with van der Waals surface area (Å²) in [6, 6.07) is 4.33. The van der Waals surface area contributed by atoms with Crippen molar-refractivity contribution in [3.8, 4) is 22.8 Å². The molecule has 1 aromatic carbocycles. The molecule has 0 radical (unpaired) electrons. The van der Waals surface area contributed by atoms with Crippen LogP contribution in [-0.4, -0.2) is 62.8 Å². The lowest BCUT2D eigenvalue weighted by atomic mass is 9.96. The van der Waals surface area contributed by atoms with Crippen LogP contribution < -0.4 is 14.4 Å². The van der Waals surface area contributed by atoms with Crippen molar-refractivity contribution in [3.05, 3.63) is 24.5 Å². The van der Waals surface area contributed by atoms with Crippen LogP contribution in [0.4, 0.5) is 5.95 Å². The number of anilines is 1. The summed E-state index contributed by atoms with van der Waals surface area (Å²) in [5.41, 5.74) is 2.64. The molecule has 3 heterocycles. The number of methoxy groups -OCH3 is 2. The summed E-state index contributed by atoms with van der Waals surface area (Å²) in [6.07, 6.45) is 13.8. The van der Waals surface area contributed by atoms with Crippen molar-refractivity contribution in [3.63, 3.8) is 0 Å². The highest BCUT2D eigenvalue weighted by Gasteiger charge is 2.25. The van der Waals surface area contributed by atoms with Crippen LogP contribution in [0.25, 0.3) is 22.2 Å². The largest absolute Gasteiger partial charge is 0.493 e. The van der Waals surface area contributed by atoms with Gasteiger partial charge in [0, 0.05) is 58.6 Å². The summed E-state index contributed by atoms with van der Waals surface area (Å²) in [5, 5.41) is 5.88. The fourth-order valence-corrected chi connectivity index (χ4v) is 6.07. The highest BCUT2D eigenvalue weighted by molar-refractivity contribution is 7.84. The molecule has 1 atom stereocenters. The highest BCUT2D eigenvalue weighted by atomic mass is 32.2. The number of hydrogen-bond donors (Lipinski definition) is 0. The van der Waals surface area contributed by atoms with Crippen molar-refractivity contribution in [2.45, 2.75) is 56.2 Å². The Morgan fingerprint density at radius 2 is 1.68 bits per heavy atom. The molecule has 2 aromatic heterocycles. The van der Waals surface area contributed by atoms with Crippen LogP contribution >= 0.6 is 0 Å². The first-order valence-electron chi connectivity index (χ1n) is 12.1. The molecule has 2 fully saturated rings. The monoisotopic (exact) mass is 483 g/mol. The summed E-state index contributed by atoms with van der Waals surface area (Å²) in [6.45, 7) is 1.59. The molecule has 0 bridgehead atoms. The Kier molecular flexibility index (Phi) is 6.72. The van der Waals surface area contributed by atoms with Gasteiger partial charge in [-0.25, -0.2) is 9.97 Å². The van der Waals surface area contributed by atoms with Crippen molar-refractivity contribution >= 4 is 27.7 Å². The average Bonchev–Trinajstić information content (AvgIpc) is 3.38. The van der Waals surface area contributed by atoms with Gasteiger partial charge in [0.25, 0.3) is 0 Å². The molecule has 2 aliphatic rings. The first kappa shape index (κ1) is 23.1. The first-order valence-corrected chi connectivity index (χ1v) is 13.7. The lowest BCUT2D eigenvalue weighted by Gasteiger charge is -2.31. The summed E-state index contributed by atoms with van der Waals surface area (Å²) in [7, 11) is 2.48. The second-order valence-electron chi connectivity index (χ2n) is 9.28. The number of piperidine rings is 1. The van der Waals surface area contributed by atoms with Crippen molar-refractivity contribution in [1.82, 2.24) is 19.7 Å². The Morgan fingerprint density at radius 3 is 2.35 bits per heavy atom. The normalized spacial score (nSPS) is 18.9. The molecule has 0 spiro atoms. The van der Waals surface area contributed by atoms with E-state index in [0.717, 1.165) is 48.1 Å². The Morgan fingerprint density at radius 1 is 0.971 bits per heavy atom. The van der Waals surface area contributed by atoms with E-state index in [0.29, 0.717) is 23.5 Å². The van der Waals surface area contributed by atoms with Crippen LogP contribution in [0.2, 0.25) is 0 Å². The number of hydrogen-bond acceptors (Lipinski definition) is 7. The summed E-state index contributed by atoms with van der Waals surface area (Å²) < 4.78 is 25.2. The van der Waals surface area contributed by atoms with Crippen molar-refractivity contribution in [2.75, 3.05) is 38.5 Å². The molecule has 1 saturated carbocycles. The zero-order valence-electron chi connectivity index (χ0n) is 20.2. The second kappa shape index (κ2) is 9.90. The Bertz CT molecular complexity index is 1180. The predicted octanol–water partition coefficient (Wildman–Crippen LogP) is 4.36. The molecule has 1 aliphatic carbocycles. The fourth-order valence-electron chi connectivity index (χ4n) is 5.20. The van der Waals surface area contributed by atoms with Crippen LogP contribution in [0, 0.1) is 0 Å². The van der Waals surface area contributed by atoms with Gasteiger partial charge in [0.1, 0.15) is 0 Å². The van der Waals surface area contributed by atoms with Gasteiger partial charge in [-0.15, -0.1) is 0 Å². The molecule has 0 N–H and O–H groups in total. The van der Waals surface area contributed by atoms with Crippen LogP contribution in [-0.2, 0) is 10.8 Å². The lowest BCUT2D eigenvalue weighted by molar-refractivity contribution is 0.329. The van der Waals surface area contributed by atoms with Crippen LogP contribution in [0.1, 0.15) is 51.0 Å². The molecule has 8 nitrogen and oxygen atoms in total. The summed E-state index contributed by atoms with van der Waals surface area (Å²) in [4.78, 5) is 12.2. The van der Waals surface area contributed by atoms with Gasteiger partial charge in [-0.2, -0.15) is 5.10 Å². The fraction of sp³-hybridized carbons (Fsp3) is 0.560. The van der Waals surface area contributed by atoms with Crippen molar-refractivity contribution < 1.29 is 13.7 Å². The number of rotatable bonds is 6. The minimum absolute atomic E-state index is 0.245. The Hall–Kier alpha value is -2.68. The summed E-state index contributed by atoms with van der Waals surface area (Å²) in [5.74, 6) is 1.99. The standard InChI is InChI=1S/C25H33N5O3S/c1-32-22-13-20-21(14-23(22)33-2)27-25(29-11-9-19(10-12-29)34(3)31)28-24(20)17-15-26-30(16-17)18-7-5-4-6-8-18/h13-16,18-19H,4-12H2,1-3H3. The van der Waals surface area contributed by atoms with Crippen molar-refractivity contribution in [1.29, 1.82) is 0 Å². The Balaban J connectivity index is 1.57. The SMILES string of the molecule is COc1cc2nc(N3CCC(S(C)=O)CC3)nc(-c3cnn(C4CCCCC4)c3)c2cc1OC. The number of ether oxygens (including phenoxy) is 2. The molecule has 3 aromatic rings. The van der Waals surface area contributed by atoms with Gasteiger partial charge >= 0.3 is 0 Å². The van der Waals surface area contributed by atoms with E-state index in [-0.39, 0.29) is 5.25 Å². The molecule has 1 saturated heterocycles. The van der Waals surface area contributed by atoms with E-state index in [9.17, 15) is 4.21 Å². The zero-order chi connectivity index (χ0) is 23.7. The smallest absolute Gasteiger partial charge is 0.226 e. The van der Waals surface area contributed by atoms with Gasteiger partial charge in [0.15, 0.2) is 11.5 Å². The predicted molar refractivity (Wildman–Crippen MR) is 135 cm³/mol. The van der Waals surface area contributed by atoms with Crippen LogP contribution in [0.15, 0.2) is 24.5 Å². The summed E-state index contributed by atoms with van der Waals surface area (Å²) >= 11 is 0. The van der Waals surface area contributed by atoms with Crippen LogP contribution in [0.3, 0.4) is 0 Å². The minimum Gasteiger partial charge on any atom is -0.493 e. The molecular formula is C25H33N5O3S. The van der Waals surface area contributed by atoms with Crippen LogP contribution in [0.5, 0.6) is 11.5 Å². The van der Waals surface area contributed by atoms with Gasteiger partial charge in [-0.3, -0.25) is 8.89 Å². The maximum absolute atomic E-state index is 11.9. The van der Waals surface area contributed by atoms with Gasteiger partial charge in [-0.1, -0.05) is 19.3 Å². The molecular weight excluding hydrogens is 450 g/mol. The van der Waals surface area contributed by atoms with Gasteiger partial charge in [0.2, 0.25) is 5.95 Å². The topological polar surface area (TPSA) is 82.4 Å². The van der Waals surface area contributed by atoms with Gasteiger partial charge < -0.3 is 14.4 Å². The second-order valence-corrected chi connectivity index (χ2v) is 10.9. The molecule has 1 aliphatic heterocycles. The third-order valence-corrected chi connectivity index (χ3v) is 8.62. The zero-order valence-corrected chi connectivity index (χ0v) is 21.0. The van der Waals surface area contributed by atoms with E-state index < -0.39 is 10.8 Å². The minimum atomic E-state index is -0.797. The third-order valence-electron chi connectivity index (χ3n) is 7.21. The maximum atomic E-state index is 11.9. The highest BCUT2D eigenvalue weighted by Crippen LogP contribution is 2.37.